The van der Waals surface area contributed by atoms with Crippen LogP contribution in [0.15, 0.2) is 12.4 Å². The van der Waals surface area contributed by atoms with Crippen molar-refractivity contribution >= 4 is 11.8 Å². The van der Waals surface area contributed by atoms with Gasteiger partial charge in [0.05, 0.1) is 0 Å². The first-order valence-corrected chi connectivity index (χ1v) is 8.82. The predicted molar refractivity (Wildman–Crippen MR) is 90.5 cm³/mol. The highest BCUT2D eigenvalue weighted by atomic mass is 32.2. The first kappa shape index (κ1) is 17.6. The molecule has 0 fully saturated rings. The van der Waals surface area contributed by atoms with Crippen molar-refractivity contribution in [3.63, 3.8) is 0 Å². The molecule has 0 saturated carbocycles. The molecule has 116 valence electrons. The van der Waals surface area contributed by atoms with Gasteiger partial charge in [0.25, 0.3) is 0 Å². The third kappa shape index (κ3) is 6.80. The lowest BCUT2D eigenvalue weighted by Gasteiger charge is -2.24. The molecule has 4 heteroatoms. The molecule has 1 unspecified atom stereocenters. The molecule has 20 heavy (non-hydrogen) atoms. The molecular formula is C16H31N3S. The molecule has 0 saturated heterocycles. The maximum Gasteiger partial charge on any atom is 0.110 e. The molecule has 0 aromatic carbocycles. The van der Waals surface area contributed by atoms with Crippen LogP contribution < -0.4 is 5.32 Å². The summed E-state index contributed by atoms with van der Waals surface area (Å²) in [5.41, 5.74) is 0. The van der Waals surface area contributed by atoms with Crippen LogP contribution in [0.25, 0.3) is 0 Å². The lowest BCUT2D eigenvalue weighted by molar-refractivity contribution is 0.519. The Morgan fingerprint density at radius 2 is 2.05 bits per heavy atom. The van der Waals surface area contributed by atoms with Gasteiger partial charge in [-0.2, -0.15) is 11.8 Å². The largest absolute Gasteiger partial charge is 0.335 e. The number of rotatable bonds is 9. The van der Waals surface area contributed by atoms with Crippen LogP contribution in [0.1, 0.15) is 53.3 Å². The molecule has 1 atom stereocenters. The molecule has 0 aliphatic carbocycles. The van der Waals surface area contributed by atoms with E-state index in [2.05, 4.69) is 55.7 Å². The van der Waals surface area contributed by atoms with E-state index >= 15 is 0 Å². The quantitative estimate of drug-likeness (QED) is 0.753. The summed E-state index contributed by atoms with van der Waals surface area (Å²) in [6, 6.07) is 0.511. The second-order valence-corrected chi connectivity index (χ2v) is 8.16. The van der Waals surface area contributed by atoms with Gasteiger partial charge in [-0.3, -0.25) is 0 Å². The number of hydrogen-bond acceptors (Lipinski definition) is 3. The van der Waals surface area contributed by atoms with Gasteiger partial charge in [-0.15, -0.1) is 0 Å². The summed E-state index contributed by atoms with van der Waals surface area (Å²) < 4.78 is 2.62. The average molecular weight is 298 g/mol. The van der Waals surface area contributed by atoms with Crippen LogP contribution in [0.2, 0.25) is 0 Å². The Hall–Kier alpha value is -0.480. The van der Waals surface area contributed by atoms with E-state index in [0.29, 0.717) is 10.8 Å². The van der Waals surface area contributed by atoms with E-state index in [-0.39, 0.29) is 0 Å². The second kappa shape index (κ2) is 8.73. The maximum absolute atomic E-state index is 4.54. The predicted octanol–water partition coefficient (Wildman–Crippen LogP) is 3.74. The first-order valence-electron chi connectivity index (χ1n) is 7.83. The maximum atomic E-state index is 4.54. The molecule has 0 bridgehead atoms. The lowest BCUT2D eigenvalue weighted by Crippen LogP contribution is -2.36. The van der Waals surface area contributed by atoms with Crippen LogP contribution in [-0.4, -0.2) is 32.6 Å². The lowest BCUT2D eigenvalue weighted by atomic mass is 10.2. The molecule has 0 radical (unpaired) electrons. The monoisotopic (exact) mass is 297 g/mol. The van der Waals surface area contributed by atoms with Crippen LogP contribution in [0.5, 0.6) is 0 Å². The Morgan fingerprint density at radius 1 is 1.30 bits per heavy atom. The van der Waals surface area contributed by atoms with Crippen LogP contribution in [0, 0.1) is 0 Å². The third-order valence-electron chi connectivity index (χ3n) is 3.10. The number of nitrogens with zero attached hydrogens (tertiary/aromatic N) is 2. The topological polar surface area (TPSA) is 29.9 Å². The first-order chi connectivity index (χ1) is 9.46. The zero-order valence-electron chi connectivity index (χ0n) is 13.8. The van der Waals surface area contributed by atoms with Gasteiger partial charge in [0, 0.05) is 41.9 Å². The Balaban J connectivity index is 2.60. The Bertz CT molecular complexity index is 368. The van der Waals surface area contributed by atoms with E-state index in [1.54, 1.807) is 0 Å². The fraction of sp³-hybridized carbons (Fsp3) is 0.812. The summed E-state index contributed by atoms with van der Waals surface area (Å²) >= 11 is 2.03. The number of imidazole rings is 1. The minimum atomic E-state index is 0.324. The Kier molecular flexibility index (Phi) is 7.67. The molecule has 0 aliphatic rings. The highest BCUT2D eigenvalue weighted by Crippen LogP contribution is 2.24. The van der Waals surface area contributed by atoms with E-state index in [1.807, 2.05) is 18.0 Å². The van der Waals surface area contributed by atoms with Crippen molar-refractivity contribution in [1.82, 2.24) is 14.9 Å². The van der Waals surface area contributed by atoms with Crippen LogP contribution in [0.3, 0.4) is 0 Å². The van der Waals surface area contributed by atoms with Gasteiger partial charge >= 0.3 is 0 Å². The zero-order chi connectivity index (χ0) is 15.0. The van der Waals surface area contributed by atoms with E-state index < -0.39 is 0 Å². The number of aromatic nitrogens is 2. The summed E-state index contributed by atoms with van der Waals surface area (Å²) in [4.78, 5) is 4.54. The summed E-state index contributed by atoms with van der Waals surface area (Å²) in [6.45, 7) is 13.4. The van der Waals surface area contributed by atoms with E-state index in [9.17, 15) is 0 Å². The molecule has 0 aliphatic heterocycles. The second-order valence-electron chi connectivity index (χ2n) is 6.32. The average Bonchev–Trinajstić information content (AvgIpc) is 2.79. The van der Waals surface area contributed by atoms with Crippen molar-refractivity contribution in [2.75, 3.05) is 12.3 Å². The van der Waals surface area contributed by atoms with Gasteiger partial charge < -0.3 is 9.88 Å². The van der Waals surface area contributed by atoms with E-state index in [0.717, 1.165) is 31.7 Å². The summed E-state index contributed by atoms with van der Waals surface area (Å²) in [5, 5.41) is 3.68. The molecule has 1 aromatic heterocycles. The fourth-order valence-electron chi connectivity index (χ4n) is 2.08. The Morgan fingerprint density at radius 3 is 2.65 bits per heavy atom. The van der Waals surface area contributed by atoms with Gasteiger partial charge in [-0.05, 0) is 19.4 Å². The summed E-state index contributed by atoms with van der Waals surface area (Å²) in [5.74, 6) is 2.36. The van der Waals surface area contributed by atoms with Crippen LogP contribution in [0.4, 0.5) is 0 Å². The van der Waals surface area contributed by atoms with Crippen molar-refractivity contribution in [3.8, 4) is 0 Å². The highest BCUT2D eigenvalue weighted by Gasteiger charge is 2.17. The minimum absolute atomic E-state index is 0.324. The summed E-state index contributed by atoms with van der Waals surface area (Å²) in [6.07, 6.45) is 7.40. The smallest absolute Gasteiger partial charge is 0.110 e. The summed E-state index contributed by atoms with van der Waals surface area (Å²) in [7, 11) is 0. The third-order valence-corrected chi connectivity index (χ3v) is 4.53. The fourth-order valence-corrected chi connectivity index (χ4v) is 3.02. The molecule has 1 N–H and O–H groups in total. The molecule has 3 nitrogen and oxygen atoms in total. The highest BCUT2D eigenvalue weighted by molar-refractivity contribution is 8.00. The van der Waals surface area contributed by atoms with E-state index in [1.165, 1.54) is 12.2 Å². The number of nitrogens with one attached hydrogen (secondary N) is 1. The number of aryl methyl sites for hydroxylation is 1. The molecular weight excluding hydrogens is 266 g/mol. The van der Waals surface area contributed by atoms with Crippen molar-refractivity contribution in [1.29, 1.82) is 0 Å². The van der Waals surface area contributed by atoms with Crippen molar-refractivity contribution in [2.45, 2.75) is 71.2 Å². The zero-order valence-corrected chi connectivity index (χ0v) is 14.6. The van der Waals surface area contributed by atoms with Crippen molar-refractivity contribution < 1.29 is 0 Å². The van der Waals surface area contributed by atoms with Crippen molar-refractivity contribution in [3.05, 3.63) is 18.2 Å². The Labute approximate surface area is 128 Å². The van der Waals surface area contributed by atoms with Gasteiger partial charge in [-0.25, -0.2) is 4.98 Å². The molecule has 1 heterocycles. The number of thioether (sulfide) groups is 1. The van der Waals surface area contributed by atoms with E-state index in [4.69, 9.17) is 0 Å². The van der Waals surface area contributed by atoms with Gasteiger partial charge in [-0.1, -0.05) is 34.6 Å². The number of hydrogen-bond donors (Lipinski definition) is 1. The van der Waals surface area contributed by atoms with Crippen LogP contribution in [-0.2, 0) is 13.0 Å². The van der Waals surface area contributed by atoms with Gasteiger partial charge in [0.1, 0.15) is 5.82 Å². The molecule has 1 rings (SSSR count). The van der Waals surface area contributed by atoms with Gasteiger partial charge in [0.15, 0.2) is 0 Å². The van der Waals surface area contributed by atoms with Crippen molar-refractivity contribution in [2.24, 2.45) is 0 Å². The standard InChI is InChI=1S/C16H31N3S/c1-6-8-17-14(13-20-16(3,4)5)12-15-18-9-11-19(15)10-7-2/h9,11,14,17H,6-8,10,12-13H2,1-5H3. The minimum Gasteiger partial charge on any atom is -0.335 e. The SMILES string of the molecule is CCCNC(CSC(C)(C)C)Cc1nccn1CCC. The van der Waals surface area contributed by atoms with Crippen LogP contribution >= 0.6 is 11.8 Å². The molecule has 0 amide bonds. The normalized spacial score (nSPS) is 13.7. The van der Waals surface area contributed by atoms with Gasteiger partial charge in [0.2, 0.25) is 0 Å². The molecule has 0 spiro atoms. The molecule has 1 aromatic rings.